The monoisotopic (exact) mass is 377 g/mol. The average molecular weight is 378 g/mol. The molecule has 1 rings (SSSR count). The quantitative estimate of drug-likeness (QED) is 0.172. The van der Waals surface area contributed by atoms with E-state index in [0.717, 1.165) is 5.92 Å². The molecular weight excluding hydrogens is 328 g/mol. The minimum atomic E-state index is 0.845. The minimum Gasteiger partial charge on any atom is -0.237 e. The van der Waals surface area contributed by atoms with Crippen molar-refractivity contribution in [2.24, 2.45) is 5.92 Å². The topological polar surface area (TPSA) is 8.81 Å². The summed E-state index contributed by atoms with van der Waals surface area (Å²) in [4.78, 5) is 0. The maximum Gasteiger partial charge on any atom is 0.243 e. The molecule has 2 heteroatoms. The second-order valence-electron chi connectivity index (χ2n) is 8.65. The Labute approximate surface area is 170 Å². The normalized spacial score (nSPS) is 12.6. The van der Waals surface area contributed by atoms with Gasteiger partial charge in [-0.2, -0.15) is 0 Å². The average Bonchev–Trinajstić information content (AvgIpc) is 3.13. The number of aryl methyl sites for hydroxylation is 1. The predicted molar refractivity (Wildman–Crippen MR) is 119 cm³/mol. The molecule has 0 aliphatic rings. The molecule has 0 aliphatic heterocycles. The molecule has 0 saturated heterocycles. The summed E-state index contributed by atoms with van der Waals surface area (Å²) < 4.78 is 4.80. The number of imidazole rings is 1. The summed E-state index contributed by atoms with van der Waals surface area (Å²) >= 11 is 0. The Bertz CT molecular complexity index is 424. The Kier molecular flexibility index (Phi) is 15.6. The summed E-state index contributed by atoms with van der Waals surface area (Å²) in [6, 6.07) is 0. The van der Waals surface area contributed by atoms with Crippen LogP contribution in [0, 0.1) is 5.92 Å². The molecule has 0 saturated carbocycles. The van der Waals surface area contributed by atoms with Crippen molar-refractivity contribution in [2.45, 2.75) is 137 Å². The summed E-state index contributed by atoms with van der Waals surface area (Å²) in [5, 5.41) is 0. The molecule has 0 N–H and O–H groups in total. The Hall–Kier alpha value is -0.790. The highest BCUT2D eigenvalue weighted by atomic mass is 15.1. The summed E-state index contributed by atoms with van der Waals surface area (Å²) in [5.74, 6) is 0.845. The number of unbranched alkanes of at least 4 members (excludes halogenated alkanes) is 12. The second-order valence-corrected chi connectivity index (χ2v) is 8.65. The van der Waals surface area contributed by atoms with Gasteiger partial charge in [-0.3, -0.25) is 0 Å². The third-order valence-corrected chi connectivity index (χ3v) is 6.03. The molecule has 1 heterocycles. The maximum absolute atomic E-state index is 2.41. The van der Waals surface area contributed by atoms with Crippen molar-refractivity contribution in [3.05, 3.63) is 18.7 Å². The van der Waals surface area contributed by atoms with E-state index in [2.05, 4.69) is 48.6 Å². The maximum atomic E-state index is 2.41. The minimum absolute atomic E-state index is 0.845. The van der Waals surface area contributed by atoms with Gasteiger partial charge in [0.2, 0.25) is 6.33 Å². The Morgan fingerprint density at radius 3 is 1.81 bits per heavy atom. The fraction of sp³-hybridized carbons (Fsp3) is 0.880. The standard InChI is InChI=1S/C25H49N2/c1-4-7-9-10-11-12-13-14-15-16-17-18-20-26-21-22-27(24-26)23-25(6-3)19-8-5-2/h21-22,24-25H,4-20,23H2,1-3H3/q+1. The molecule has 1 aromatic rings. The molecule has 0 aliphatic carbocycles. The SMILES string of the molecule is CCCCCCCCCCCCCC[n+]1ccn(CC(CC)CCCC)c1. The van der Waals surface area contributed by atoms with Crippen molar-refractivity contribution in [2.75, 3.05) is 0 Å². The first-order chi connectivity index (χ1) is 13.3. The van der Waals surface area contributed by atoms with Crippen molar-refractivity contribution >= 4 is 0 Å². The van der Waals surface area contributed by atoms with E-state index in [-0.39, 0.29) is 0 Å². The van der Waals surface area contributed by atoms with E-state index < -0.39 is 0 Å². The lowest BCUT2D eigenvalue weighted by molar-refractivity contribution is -0.697. The Balaban J connectivity index is 1.99. The van der Waals surface area contributed by atoms with Crippen molar-refractivity contribution in [3.63, 3.8) is 0 Å². The van der Waals surface area contributed by atoms with Crippen LogP contribution < -0.4 is 4.57 Å². The van der Waals surface area contributed by atoms with Crippen molar-refractivity contribution in [3.8, 4) is 0 Å². The van der Waals surface area contributed by atoms with Crippen LogP contribution in [0.1, 0.15) is 124 Å². The molecule has 158 valence electrons. The van der Waals surface area contributed by atoms with E-state index in [1.807, 2.05) is 0 Å². The van der Waals surface area contributed by atoms with Gasteiger partial charge in [-0.05, 0) is 31.6 Å². The van der Waals surface area contributed by atoms with Crippen LogP contribution in [0.3, 0.4) is 0 Å². The number of hydrogen-bond acceptors (Lipinski definition) is 0. The lowest BCUT2D eigenvalue weighted by atomic mass is 9.99. The molecule has 1 aromatic heterocycles. The molecule has 0 amide bonds. The zero-order valence-electron chi connectivity index (χ0n) is 18.9. The van der Waals surface area contributed by atoms with Crippen LogP contribution in [-0.2, 0) is 13.1 Å². The molecule has 0 spiro atoms. The molecule has 0 fully saturated rings. The smallest absolute Gasteiger partial charge is 0.237 e. The number of nitrogens with zero attached hydrogens (tertiary/aromatic N) is 2. The summed E-state index contributed by atoms with van der Waals surface area (Å²) in [7, 11) is 0. The van der Waals surface area contributed by atoms with Crippen LogP contribution in [0.25, 0.3) is 0 Å². The lowest BCUT2D eigenvalue weighted by Crippen LogP contribution is -2.31. The fourth-order valence-corrected chi connectivity index (χ4v) is 4.03. The van der Waals surface area contributed by atoms with Gasteiger partial charge in [0, 0.05) is 0 Å². The van der Waals surface area contributed by atoms with Gasteiger partial charge >= 0.3 is 0 Å². The first kappa shape index (κ1) is 24.2. The number of rotatable bonds is 19. The number of hydrogen-bond donors (Lipinski definition) is 0. The van der Waals surface area contributed by atoms with E-state index in [0.29, 0.717) is 0 Å². The van der Waals surface area contributed by atoms with Crippen LogP contribution in [0.5, 0.6) is 0 Å². The summed E-state index contributed by atoms with van der Waals surface area (Å²) in [5.41, 5.74) is 0. The first-order valence-electron chi connectivity index (χ1n) is 12.3. The highest BCUT2D eigenvalue weighted by molar-refractivity contribution is 4.69. The largest absolute Gasteiger partial charge is 0.243 e. The van der Waals surface area contributed by atoms with E-state index in [1.54, 1.807) is 0 Å². The Morgan fingerprint density at radius 2 is 1.26 bits per heavy atom. The van der Waals surface area contributed by atoms with Gasteiger partial charge in [0.25, 0.3) is 0 Å². The van der Waals surface area contributed by atoms with Crippen LogP contribution in [0.4, 0.5) is 0 Å². The molecule has 0 bridgehead atoms. The van der Waals surface area contributed by atoms with Crippen LogP contribution in [0.2, 0.25) is 0 Å². The van der Waals surface area contributed by atoms with Gasteiger partial charge in [0.15, 0.2) is 0 Å². The third-order valence-electron chi connectivity index (χ3n) is 6.03. The van der Waals surface area contributed by atoms with Crippen LogP contribution in [-0.4, -0.2) is 4.57 Å². The summed E-state index contributed by atoms with van der Waals surface area (Å²) in [6.07, 6.45) is 29.4. The van der Waals surface area contributed by atoms with Gasteiger partial charge < -0.3 is 0 Å². The molecule has 1 unspecified atom stereocenters. The molecule has 0 aromatic carbocycles. The van der Waals surface area contributed by atoms with E-state index in [1.165, 1.54) is 116 Å². The van der Waals surface area contributed by atoms with Gasteiger partial charge in [-0.15, -0.1) is 0 Å². The molecule has 1 atom stereocenters. The fourth-order valence-electron chi connectivity index (χ4n) is 4.03. The van der Waals surface area contributed by atoms with Crippen molar-refractivity contribution in [1.82, 2.24) is 4.57 Å². The predicted octanol–water partition coefficient (Wildman–Crippen LogP) is 7.69. The summed E-state index contributed by atoms with van der Waals surface area (Å²) in [6.45, 7) is 9.32. The molecule has 0 radical (unpaired) electrons. The van der Waals surface area contributed by atoms with E-state index >= 15 is 0 Å². The van der Waals surface area contributed by atoms with Crippen LogP contribution >= 0.6 is 0 Å². The Morgan fingerprint density at radius 1 is 0.704 bits per heavy atom. The molecule has 27 heavy (non-hydrogen) atoms. The number of aromatic nitrogens is 2. The van der Waals surface area contributed by atoms with Gasteiger partial charge in [0.05, 0.1) is 13.1 Å². The molecular formula is C25H49N2+. The molecule has 2 nitrogen and oxygen atoms in total. The zero-order valence-corrected chi connectivity index (χ0v) is 18.9. The highest BCUT2D eigenvalue weighted by Crippen LogP contribution is 2.15. The highest BCUT2D eigenvalue weighted by Gasteiger charge is 2.11. The first-order valence-corrected chi connectivity index (χ1v) is 12.3. The van der Waals surface area contributed by atoms with E-state index in [4.69, 9.17) is 0 Å². The van der Waals surface area contributed by atoms with E-state index in [9.17, 15) is 0 Å². The van der Waals surface area contributed by atoms with Crippen LogP contribution in [0.15, 0.2) is 18.7 Å². The van der Waals surface area contributed by atoms with Gasteiger partial charge in [-0.1, -0.05) is 97.8 Å². The van der Waals surface area contributed by atoms with Crippen molar-refractivity contribution < 1.29 is 4.57 Å². The zero-order chi connectivity index (χ0) is 19.6. The van der Waals surface area contributed by atoms with Gasteiger partial charge in [0.1, 0.15) is 12.4 Å². The third kappa shape index (κ3) is 13.1. The lowest BCUT2D eigenvalue weighted by Gasteiger charge is -2.11. The van der Waals surface area contributed by atoms with Crippen molar-refractivity contribution in [1.29, 1.82) is 0 Å². The second kappa shape index (κ2) is 17.3. The van der Waals surface area contributed by atoms with Gasteiger partial charge in [-0.25, -0.2) is 9.13 Å².